The highest BCUT2D eigenvalue weighted by Crippen LogP contribution is 2.00. The van der Waals surface area contributed by atoms with Gasteiger partial charge < -0.3 is 21.3 Å². The zero-order chi connectivity index (χ0) is 19.6. The molecule has 2 amide bonds. The van der Waals surface area contributed by atoms with Crippen LogP contribution in [0.25, 0.3) is 0 Å². The molecule has 2 saturated heterocycles. The molecule has 0 radical (unpaired) electrons. The summed E-state index contributed by atoms with van der Waals surface area (Å²) >= 11 is 0. The maximum absolute atomic E-state index is 12.3. The molecule has 0 unspecified atom stereocenters. The third kappa shape index (κ3) is 6.52. The van der Waals surface area contributed by atoms with Crippen molar-refractivity contribution >= 4 is 11.8 Å². The fraction of sp³-hybridized carbons (Fsp3) is 0.632. The molecule has 3 heterocycles. The van der Waals surface area contributed by atoms with E-state index >= 15 is 0 Å². The Bertz CT molecular complexity index is 592. The van der Waals surface area contributed by atoms with Gasteiger partial charge in [0.25, 0.3) is 11.8 Å². The van der Waals surface area contributed by atoms with Gasteiger partial charge in [0.15, 0.2) is 0 Å². The first-order valence-corrected chi connectivity index (χ1v) is 10.1. The quantitative estimate of drug-likeness (QED) is 0.423. The number of nitrogens with one attached hydrogen (secondary N) is 4. The lowest BCUT2D eigenvalue weighted by Gasteiger charge is -2.27. The Balaban J connectivity index is 1.41. The largest absolute Gasteiger partial charge is 0.349 e. The van der Waals surface area contributed by atoms with Crippen LogP contribution in [0.3, 0.4) is 0 Å². The number of piperazine rings is 2. The van der Waals surface area contributed by atoms with Crippen molar-refractivity contribution in [3.8, 4) is 0 Å². The first kappa shape index (κ1) is 20.7. The van der Waals surface area contributed by atoms with E-state index in [2.05, 4.69) is 36.1 Å². The molecule has 9 nitrogen and oxygen atoms in total. The summed E-state index contributed by atoms with van der Waals surface area (Å²) in [5.41, 5.74) is 0.546. The van der Waals surface area contributed by atoms with Gasteiger partial charge in [0.05, 0.1) is 0 Å². The molecule has 2 aliphatic heterocycles. The van der Waals surface area contributed by atoms with Crippen LogP contribution in [0, 0.1) is 0 Å². The predicted molar refractivity (Wildman–Crippen MR) is 108 cm³/mol. The molecule has 0 atom stereocenters. The molecule has 2 fully saturated rings. The Morgan fingerprint density at radius 3 is 1.68 bits per heavy atom. The molecule has 154 valence electrons. The molecule has 2 aliphatic rings. The van der Waals surface area contributed by atoms with Gasteiger partial charge in [-0.1, -0.05) is 6.07 Å². The Labute approximate surface area is 166 Å². The number of nitrogens with zero attached hydrogens (tertiary/aromatic N) is 3. The van der Waals surface area contributed by atoms with Crippen molar-refractivity contribution in [3.05, 3.63) is 29.6 Å². The molecule has 0 bridgehead atoms. The van der Waals surface area contributed by atoms with Gasteiger partial charge in [0.1, 0.15) is 11.4 Å². The van der Waals surface area contributed by atoms with Crippen molar-refractivity contribution in [1.29, 1.82) is 0 Å². The number of rotatable bonds is 8. The summed E-state index contributed by atoms with van der Waals surface area (Å²) in [5.74, 6) is -0.490. The monoisotopic (exact) mass is 389 g/mol. The van der Waals surface area contributed by atoms with Crippen molar-refractivity contribution in [1.82, 2.24) is 36.1 Å². The van der Waals surface area contributed by atoms with Crippen LogP contribution >= 0.6 is 0 Å². The van der Waals surface area contributed by atoms with Gasteiger partial charge in [-0.2, -0.15) is 0 Å². The van der Waals surface area contributed by atoms with Crippen LogP contribution in [0.15, 0.2) is 18.2 Å². The lowest BCUT2D eigenvalue weighted by atomic mass is 10.2. The summed E-state index contributed by atoms with van der Waals surface area (Å²) in [5, 5.41) is 12.4. The minimum atomic E-state index is -0.245. The molecule has 0 spiro atoms. The average Bonchev–Trinajstić information content (AvgIpc) is 2.75. The van der Waals surface area contributed by atoms with Gasteiger partial charge in [-0.25, -0.2) is 4.98 Å². The SMILES string of the molecule is O=C(NCCN1CCNCC1)c1cccc(C(=O)NCCN2CCNCC2)n1. The van der Waals surface area contributed by atoms with Gasteiger partial charge in [-0.05, 0) is 12.1 Å². The van der Waals surface area contributed by atoms with Crippen molar-refractivity contribution < 1.29 is 9.59 Å². The summed E-state index contributed by atoms with van der Waals surface area (Å²) in [4.78, 5) is 33.5. The average molecular weight is 390 g/mol. The summed E-state index contributed by atoms with van der Waals surface area (Å²) in [7, 11) is 0. The van der Waals surface area contributed by atoms with E-state index in [4.69, 9.17) is 0 Å². The van der Waals surface area contributed by atoms with E-state index in [9.17, 15) is 9.59 Å². The highest BCUT2D eigenvalue weighted by Gasteiger charge is 2.14. The Kier molecular flexibility index (Phi) is 8.16. The zero-order valence-corrected chi connectivity index (χ0v) is 16.4. The number of carbonyl (C=O) groups excluding carboxylic acids is 2. The number of hydrogen-bond acceptors (Lipinski definition) is 7. The number of aromatic nitrogens is 1. The van der Waals surface area contributed by atoms with Crippen LogP contribution < -0.4 is 21.3 Å². The first-order chi connectivity index (χ1) is 13.7. The standard InChI is InChI=1S/C19H31N7O2/c27-18(22-8-14-25-10-4-20-5-11-25)16-2-1-3-17(24-16)19(28)23-9-15-26-12-6-21-7-13-26/h1-3,20-21H,4-15H2,(H,22,27)(H,23,28). The summed E-state index contributed by atoms with van der Waals surface area (Å²) in [6.45, 7) is 10.7. The van der Waals surface area contributed by atoms with Crippen LogP contribution in [0.1, 0.15) is 21.0 Å². The Morgan fingerprint density at radius 1 is 0.821 bits per heavy atom. The van der Waals surface area contributed by atoms with Crippen LogP contribution in [0.5, 0.6) is 0 Å². The lowest BCUT2D eigenvalue weighted by molar-refractivity contribution is 0.0938. The minimum absolute atomic E-state index is 0.245. The van der Waals surface area contributed by atoms with Gasteiger partial charge >= 0.3 is 0 Å². The lowest BCUT2D eigenvalue weighted by Crippen LogP contribution is -2.46. The topological polar surface area (TPSA) is 102 Å². The maximum Gasteiger partial charge on any atom is 0.269 e. The van der Waals surface area contributed by atoms with Crippen molar-refractivity contribution in [2.45, 2.75) is 0 Å². The molecular formula is C19H31N7O2. The summed E-state index contributed by atoms with van der Waals surface area (Å²) in [6, 6.07) is 4.97. The van der Waals surface area contributed by atoms with E-state index in [-0.39, 0.29) is 23.2 Å². The Hall–Kier alpha value is -2.07. The van der Waals surface area contributed by atoms with Crippen molar-refractivity contribution in [2.75, 3.05) is 78.5 Å². The highest BCUT2D eigenvalue weighted by molar-refractivity contribution is 5.96. The highest BCUT2D eigenvalue weighted by atomic mass is 16.2. The minimum Gasteiger partial charge on any atom is -0.349 e. The molecule has 0 aliphatic carbocycles. The number of pyridine rings is 1. The van der Waals surface area contributed by atoms with Crippen LogP contribution in [0.4, 0.5) is 0 Å². The van der Waals surface area contributed by atoms with Crippen LogP contribution in [-0.4, -0.2) is 105 Å². The van der Waals surface area contributed by atoms with Crippen molar-refractivity contribution in [3.63, 3.8) is 0 Å². The van der Waals surface area contributed by atoms with E-state index in [1.165, 1.54) is 0 Å². The van der Waals surface area contributed by atoms with E-state index in [1.54, 1.807) is 18.2 Å². The van der Waals surface area contributed by atoms with E-state index < -0.39 is 0 Å². The van der Waals surface area contributed by atoms with Crippen molar-refractivity contribution in [2.24, 2.45) is 0 Å². The number of hydrogen-bond donors (Lipinski definition) is 4. The summed E-state index contributed by atoms with van der Waals surface area (Å²) in [6.07, 6.45) is 0. The third-order valence-electron chi connectivity index (χ3n) is 5.06. The van der Waals surface area contributed by atoms with Gasteiger partial charge in [0.2, 0.25) is 0 Å². The predicted octanol–water partition coefficient (Wildman–Crippen LogP) is -1.65. The molecule has 28 heavy (non-hydrogen) atoms. The smallest absolute Gasteiger partial charge is 0.269 e. The second-order valence-corrected chi connectivity index (χ2v) is 7.10. The van der Waals surface area contributed by atoms with E-state index in [0.717, 1.165) is 65.4 Å². The zero-order valence-electron chi connectivity index (χ0n) is 16.4. The molecule has 0 saturated carbocycles. The Morgan fingerprint density at radius 2 is 1.25 bits per heavy atom. The maximum atomic E-state index is 12.3. The van der Waals surface area contributed by atoms with Crippen LogP contribution in [0.2, 0.25) is 0 Å². The van der Waals surface area contributed by atoms with Crippen LogP contribution in [-0.2, 0) is 0 Å². The first-order valence-electron chi connectivity index (χ1n) is 10.1. The molecule has 1 aromatic rings. The second kappa shape index (κ2) is 11.1. The third-order valence-corrected chi connectivity index (χ3v) is 5.06. The fourth-order valence-corrected chi connectivity index (χ4v) is 3.39. The molecular weight excluding hydrogens is 358 g/mol. The number of amides is 2. The second-order valence-electron chi connectivity index (χ2n) is 7.10. The molecule has 3 rings (SSSR count). The number of carbonyl (C=O) groups is 2. The van der Waals surface area contributed by atoms with E-state index in [1.807, 2.05) is 0 Å². The normalized spacial score (nSPS) is 18.6. The molecule has 1 aromatic heterocycles. The fourth-order valence-electron chi connectivity index (χ4n) is 3.39. The summed E-state index contributed by atoms with van der Waals surface area (Å²) < 4.78 is 0. The molecule has 4 N–H and O–H groups in total. The van der Waals surface area contributed by atoms with Gasteiger partial charge in [0, 0.05) is 78.5 Å². The molecule has 0 aromatic carbocycles. The van der Waals surface area contributed by atoms with E-state index in [0.29, 0.717) is 13.1 Å². The van der Waals surface area contributed by atoms with Gasteiger partial charge in [-0.3, -0.25) is 19.4 Å². The van der Waals surface area contributed by atoms with Gasteiger partial charge in [-0.15, -0.1) is 0 Å². The molecule has 9 heteroatoms.